The summed E-state index contributed by atoms with van der Waals surface area (Å²) in [6.45, 7) is 0. The Hall–Kier alpha value is -6.90. The van der Waals surface area contributed by atoms with E-state index in [4.69, 9.17) is 0 Å². The number of hydrogen-bond acceptors (Lipinski definition) is 1. The fourth-order valence-corrected chi connectivity index (χ4v) is 8.10. The first-order valence-electron chi connectivity index (χ1n) is 17.9. The molecule has 0 unspecified atom stereocenters. The number of hydrogen-bond donors (Lipinski definition) is 0. The maximum absolute atomic E-state index is 2.44. The summed E-state index contributed by atoms with van der Waals surface area (Å²) < 4.78 is 2.39. The van der Waals surface area contributed by atoms with Crippen LogP contribution < -0.4 is 4.90 Å². The lowest BCUT2D eigenvalue weighted by atomic mass is 9.88. The molecule has 1 heterocycles. The summed E-state index contributed by atoms with van der Waals surface area (Å²) in [5.74, 6) is 0. The van der Waals surface area contributed by atoms with Crippen molar-refractivity contribution in [3.63, 3.8) is 0 Å². The molecule has 1 aromatic heterocycles. The maximum atomic E-state index is 2.44. The van der Waals surface area contributed by atoms with Gasteiger partial charge in [-0.25, -0.2) is 0 Å². The standard InChI is InChI=1S/C50H34N2/c1-3-20-37(21-4-1)51(48-30-15-31-49-50(48)45-26-11-12-29-47(45)52(49)38-22-5-2-6-23-38)39-32-33-44(42-27-13-18-35-16-7-9-24-40(35)42)46(34-39)43-28-14-19-36-17-8-10-25-41(36)43/h1-34H. The fourth-order valence-electron chi connectivity index (χ4n) is 8.10. The number of benzene rings is 9. The highest BCUT2D eigenvalue weighted by Gasteiger charge is 2.22. The van der Waals surface area contributed by atoms with E-state index < -0.39 is 0 Å². The Morgan fingerprint density at radius 1 is 0.327 bits per heavy atom. The van der Waals surface area contributed by atoms with Crippen LogP contribution in [0.1, 0.15) is 0 Å². The molecule has 0 aliphatic rings. The molecule has 0 saturated carbocycles. The molecule has 10 aromatic rings. The van der Waals surface area contributed by atoms with Crippen LogP contribution in [0.25, 0.3) is 71.3 Å². The molecule has 244 valence electrons. The van der Waals surface area contributed by atoms with E-state index >= 15 is 0 Å². The number of anilines is 3. The Kier molecular flexibility index (Phi) is 7.18. The molecule has 0 bridgehead atoms. The third-order valence-electron chi connectivity index (χ3n) is 10.4. The van der Waals surface area contributed by atoms with E-state index in [1.54, 1.807) is 0 Å². The van der Waals surface area contributed by atoms with Crippen LogP contribution in [0.15, 0.2) is 206 Å². The van der Waals surface area contributed by atoms with Crippen LogP contribution >= 0.6 is 0 Å². The van der Waals surface area contributed by atoms with Gasteiger partial charge < -0.3 is 9.47 Å². The average Bonchev–Trinajstić information content (AvgIpc) is 3.56. The second kappa shape index (κ2) is 12.5. The van der Waals surface area contributed by atoms with Gasteiger partial charge >= 0.3 is 0 Å². The van der Waals surface area contributed by atoms with Crippen molar-refractivity contribution >= 4 is 60.4 Å². The zero-order valence-corrected chi connectivity index (χ0v) is 28.5. The van der Waals surface area contributed by atoms with E-state index in [0.717, 1.165) is 22.7 Å². The zero-order valence-electron chi connectivity index (χ0n) is 28.5. The van der Waals surface area contributed by atoms with Gasteiger partial charge in [-0.05, 0) is 98.4 Å². The summed E-state index contributed by atoms with van der Waals surface area (Å²) in [6.07, 6.45) is 0. The van der Waals surface area contributed by atoms with E-state index in [2.05, 4.69) is 216 Å². The molecule has 52 heavy (non-hydrogen) atoms. The third kappa shape index (κ3) is 4.88. The Morgan fingerprint density at radius 2 is 0.865 bits per heavy atom. The number of nitrogens with zero attached hydrogens (tertiary/aromatic N) is 2. The molecule has 9 aromatic carbocycles. The summed E-state index contributed by atoms with van der Waals surface area (Å²) in [5, 5.41) is 7.39. The molecule has 2 heteroatoms. The predicted octanol–water partition coefficient (Wildman–Crippen LogP) is 13.9. The largest absolute Gasteiger partial charge is 0.310 e. The van der Waals surface area contributed by atoms with E-state index in [9.17, 15) is 0 Å². The van der Waals surface area contributed by atoms with Gasteiger partial charge in [0.05, 0.1) is 16.7 Å². The van der Waals surface area contributed by atoms with Gasteiger partial charge in [0.1, 0.15) is 0 Å². The summed E-state index contributed by atoms with van der Waals surface area (Å²) >= 11 is 0. The van der Waals surface area contributed by atoms with Crippen molar-refractivity contribution in [2.24, 2.45) is 0 Å². The van der Waals surface area contributed by atoms with Crippen molar-refractivity contribution in [2.45, 2.75) is 0 Å². The first kappa shape index (κ1) is 30.0. The van der Waals surface area contributed by atoms with Crippen molar-refractivity contribution in [1.29, 1.82) is 0 Å². The molecule has 0 amide bonds. The van der Waals surface area contributed by atoms with Crippen LogP contribution in [0, 0.1) is 0 Å². The van der Waals surface area contributed by atoms with Gasteiger partial charge in [-0.15, -0.1) is 0 Å². The molecule has 10 rings (SSSR count). The van der Waals surface area contributed by atoms with Crippen LogP contribution in [-0.4, -0.2) is 4.57 Å². The Bertz CT molecular complexity index is 2890. The molecule has 0 saturated heterocycles. The van der Waals surface area contributed by atoms with Crippen LogP contribution in [0.2, 0.25) is 0 Å². The van der Waals surface area contributed by atoms with Crippen LogP contribution in [0.4, 0.5) is 17.1 Å². The molecular weight excluding hydrogens is 629 g/mol. The second-order valence-corrected chi connectivity index (χ2v) is 13.3. The summed E-state index contributed by atoms with van der Waals surface area (Å²) in [5.41, 5.74) is 11.7. The molecule has 0 spiro atoms. The number of fused-ring (bicyclic) bond motifs is 5. The number of rotatable bonds is 6. The van der Waals surface area contributed by atoms with Crippen LogP contribution in [-0.2, 0) is 0 Å². The zero-order chi connectivity index (χ0) is 34.4. The molecule has 0 N–H and O–H groups in total. The van der Waals surface area contributed by atoms with Crippen molar-refractivity contribution in [3.05, 3.63) is 206 Å². The van der Waals surface area contributed by atoms with Gasteiger partial charge in [0.15, 0.2) is 0 Å². The number of para-hydroxylation sites is 3. The minimum Gasteiger partial charge on any atom is -0.310 e. The number of aromatic nitrogens is 1. The maximum Gasteiger partial charge on any atom is 0.0562 e. The lowest BCUT2D eigenvalue weighted by Crippen LogP contribution is -2.10. The van der Waals surface area contributed by atoms with E-state index in [-0.39, 0.29) is 0 Å². The molecular formula is C50H34N2. The van der Waals surface area contributed by atoms with Gasteiger partial charge in [-0.2, -0.15) is 0 Å². The normalized spacial score (nSPS) is 11.5. The van der Waals surface area contributed by atoms with Gasteiger partial charge in [0.2, 0.25) is 0 Å². The molecule has 0 atom stereocenters. The molecule has 0 fully saturated rings. The van der Waals surface area contributed by atoms with E-state index in [1.807, 2.05) is 0 Å². The molecule has 2 nitrogen and oxygen atoms in total. The Balaban J connectivity index is 1.28. The van der Waals surface area contributed by atoms with Gasteiger partial charge in [-0.3, -0.25) is 0 Å². The van der Waals surface area contributed by atoms with Gasteiger partial charge in [0.25, 0.3) is 0 Å². The molecule has 0 aliphatic carbocycles. The highest BCUT2D eigenvalue weighted by Crippen LogP contribution is 2.47. The third-order valence-corrected chi connectivity index (χ3v) is 10.4. The lowest BCUT2D eigenvalue weighted by Gasteiger charge is -2.28. The average molecular weight is 663 g/mol. The summed E-state index contributed by atoms with van der Waals surface area (Å²) in [7, 11) is 0. The molecule has 0 radical (unpaired) electrons. The smallest absolute Gasteiger partial charge is 0.0562 e. The minimum absolute atomic E-state index is 1.10. The first-order valence-corrected chi connectivity index (χ1v) is 17.9. The fraction of sp³-hybridized carbons (Fsp3) is 0. The van der Waals surface area contributed by atoms with Crippen LogP contribution in [0.3, 0.4) is 0 Å². The second-order valence-electron chi connectivity index (χ2n) is 13.3. The van der Waals surface area contributed by atoms with Crippen molar-refractivity contribution in [2.75, 3.05) is 4.90 Å². The van der Waals surface area contributed by atoms with Crippen molar-refractivity contribution < 1.29 is 0 Å². The van der Waals surface area contributed by atoms with Gasteiger partial charge in [-0.1, -0.05) is 152 Å². The summed E-state index contributed by atoms with van der Waals surface area (Å²) in [6, 6.07) is 74.7. The Morgan fingerprint density at radius 3 is 1.58 bits per heavy atom. The van der Waals surface area contributed by atoms with Crippen LogP contribution in [0.5, 0.6) is 0 Å². The highest BCUT2D eigenvalue weighted by molar-refractivity contribution is 6.17. The summed E-state index contributed by atoms with van der Waals surface area (Å²) in [4.78, 5) is 2.44. The van der Waals surface area contributed by atoms with Crippen molar-refractivity contribution in [3.8, 4) is 27.9 Å². The minimum atomic E-state index is 1.10. The highest BCUT2D eigenvalue weighted by atomic mass is 15.1. The predicted molar refractivity (Wildman–Crippen MR) is 221 cm³/mol. The Labute approximate surface area is 303 Å². The SMILES string of the molecule is c1ccc(N(c2ccc(-c3cccc4ccccc34)c(-c3cccc4ccccc34)c2)c2cccc3c2c2ccccc2n3-c2ccccc2)cc1. The first-order chi connectivity index (χ1) is 25.8. The van der Waals surface area contributed by atoms with Gasteiger partial charge in [0, 0.05) is 27.8 Å². The quantitative estimate of drug-likeness (QED) is 0.172. The van der Waals surface area contributed by atoms with E-state index in [1.165, 1.54) is 65.6 Å². The van der Waals surface area contributed by atoms with E-state index in [0.29, 0.717) is 0 Å². The topological polar surface area (TPSA) is 8.17 Å². The molecule has 0 aliphatic heterocycles. The monoisotopic (exact) mass is 662 g/mol. The lowest BCUT2D eigenvalue weighted by molar-refractivity contribution is 1.18. The van der Waals surface area contributed by atoms with Crippen molar-refractivity contribution in [1.82, 2.24) is 4.57 Å².